The van der Waals surface area contributed by atoms with Crippen LogP contribution in [-0.4, -0.2) is 85.7 Å². The molecule has 32 heavy (non-hydrogen) atoms. The first-order valence-electron chi connectivity index (χ1n) is 12.3. The molecular formula is C24H46IN7. The van der Waals surface area contributed by atoms with Gasteiger partial charge in [0.2, 0.25) is 0 Å². The number of anilines is 1. The highest BCUT2D eigenvalue weighted by Crippen LogP contribution is 2.15. The Labute approximate surface area is 213 Å². The van der Waals surface area contributed by atoms with Crippen LogP contribution in [0.25, 0.3) is 0 Å². The van der Waals surface area contributed by atoms with Crippen molar-refractivity contribution >= 4 is 35.8 Å². The number of likely N-dealkylation sites (N-methyl/N-ethyl adjacent to an activating group) is 1. The summed E-state index contributed by atoms with van der Waals surface area (Å²) in [5.41, 5.74) is 1.20. The SMILES string of the molecule is CCNC(=NCc1ccnc(N2CCN(CC)CC2)c1)NC(C)CCCN(CC)CC.I. The molecule has 0 radical (unpaired) electrons. The van der Waals surface area contributed by atoms with Crippen molar-refractivity contribution in [3.8, 4) is 0 Å². The first kappa shape index (κ1) is 28.9. The molecule has 2 N–H and O–H groups in total. The van der Waals surface area contributed by atoms with E-state index >= 15 is 0 Å². The number of pyridine rings is 1. The number of aliphatic imine (C=N–C) groups is 1. The predicted molar refractivity (Wildman–Crippen MR) is 148 cm³/mol. The molecule has 0 aromatic carbocycles. The van der Waals surface area contributed by atoms with Crippen LogP contribution in [0.1, 0.15) is 53.0 Å². The van der Waals surface area contributed by atoms with Crippen molar-refractivity contribution in [2.45, 2.75) is 60.0 Å². The third-order valence-electron chi connectivity index (χ3n) is 6.11. The fourth-order valence-corrected chi connectivity index (χ4v) is 3.98. The molecule has 0 amide bonds. The Morgan fingerprint density at radius 2 is 1.88 bits per heavy atom. The fourth-order valence-electron chi connectivity index (χ4n) is 3.98. The Bertz CT molecular complexity index is 643. The van der Waals surface area contributed by atoms with Gasteiger partial charge in [0.1, 0.15) is 5.82 Å². The van der Waals surface area contributed by atoms with Crippen LogP contribution in [0.15, 0.2) is 23.3 Å². The molecule has 2 heterocycles. The van der Waals surface area contributed by atoms with E-state index in [1.54, 1.807) is 0 Å². The monoisotopic (exact) mass is 559 g/mol. The van der Waals surface area contributed by atoms with Crippen molar-refractivity contribution in [1.82, 2.24) is 25.4 Å². The molecule has 1 aromatic heterocycles. The summed E-state index contributed by atoms with van der Waals surface area (Å²) in [6.07, 6.45) is 4.26. The minimum absolute atomic E-state index is 0. The van der Waals surface area contributed by atoms with Crippen LogP contribution in [-0.2, 0) is 6.54 Å². The molecule has 0 saturated carbocycles. The Kier molecular flexibility index (Phi) is 14.9. The summed E-state index contributed by atoms with van der Waals surface area (Å²) >= 11 is 0. The van der Waals surface area contributed by atoms with Crippen molar-refractivity contribution in [2.75, 3.05) is 63.8 Å². The summed E-state index contributed by atoms with van der Waals surface area (Å²) in [6, 6.07) is 4.67. The van der Waals surface area contributed by atoms with Gasteiger partial charge >= 0.3 is 0 Å². The maximum Gasteiger partial charge on any atom is 0.191 e. The van der Waals surface area contributed by atoms with Gasteiger partial charge in [-0.1, -0.05) is 20.8 Å². The summed E-state index contributed by atoms with van der Waals surface area (Å²) in [6.45, 7) is 21.4. The molecule has 7 nitrogen and oxygen atoms in total. The second kappa shape index (κ2) is 16.5. The van der Waals surface area contributed by atoms with Crippen LogP contribution in [0.4, 0.5) is 5.82 Å². The lowest BCUT2D eigenvalue weighted by molar-refractivity contribution is 0.270. The van der Waals surface area contributed by atoms with E-state index in [4.69, 9.17) is 4.99 Å². The van der Waals surface area contributed by atoms with Crippen molar-refractivity contribution in [3.05, 3.63) is 23.9 Å². The lowest BCUT2D eigenvalue weighted by atomic mass is 10.2. The van der Waals surface area contributed by atoms with Crippen LogP contribution in [0.3, 0.4) is 0 Å². The highest BCUT2D eigenvalue weighted by atomic mass is 127. The van der Waals surface area contributed by atoms with Crippen LogP contribution in [0.5, 0.6) is 0 Å². The summed E-state index contributed by atoms with van der Waals surface area (Å²) in [5, 5.41) is 6.97. The quantitative estimate of drug-likeness (QED) is 0.233. The molecule has 1 fully saturated rings. The van der Waals surface area contributed by atoms with Crippen LogP contribution in [0, 0.1) is 0 Å². The number of hydrogen-bond donors (Lipinski definition) is 2. The van der Waals surface area contributed by atoms with Gasteiger partial charge in [-0.25, -0.2) is 9.98 Å². The summed E-state index contributed by atoms with van der Waals surface area (Å²) in [4.78, 5) is 16.8. The van der Waals surface area contributed by atoms with Gasteiger partial charge in [0, 0.05) is 45.0 Å². The zero-order valence-corrected chi connectivity index (χ0v) is 23.3. The molecular weight excluding hydrogens is 513 g/mol. The van der Waals surface area contributed by atoms with Crippen molar-refractivity contribution in [2.24, 2.45) is 4.99 Å². The molecule has 0 aliphatic carbocycles. The number of rotatable bonds is 12. The standard InChI is InChI=1S/C24H45N7.HI/c1-6-25-24(28-21(5)11-10-14-29(7-2)8-3)27-20-22-12-13-26-23(19-22)31-17-15-30(9-4)16-18-31;/h12-13,19,21H,6-11,14-18,20H2,1-5H3,(H2,25,27,28);1H. The molecule has 1 aliphatic rings. The van der Waals surface area contributed by atoms with Gasteiger partial charge in [-0.2, -0.15) is 0 Å². The normalized spacial score (nSPS) is 16.1. The number of piperazine rings is 1. The van der Waals surface area contributed by atoms with E-state index in [0.717, 1.165) is 70.6 Å². The second-order valence-electron chi connectivity index (χ2n) is 8.35. The molecule has 184 valence electrons. The lowest BCUT2D eigenvalue weighted by Gasteiger charge is -2.34. The van der Waals surface area contributed by atoms with E-state index in [1.807, 2.05) is 6.20 Å². The number of guanidine groups is 1. The first-order chi connectivity index (χ1) is 15.1. The summed E-state index contributed by atoms with van der Waals surface area (Å²) < 4.78 is 0. The number of halogens is 1. The first-order valence-corrected chi connectivity index (χ1v) is 12.3. The van der Waals surface area contributed by atoms with Crippen molar-refractivity contribution in [1.29, 1.82) is 0 Å². The topological polar surface area (TPSA) is 59.0 Å². The van der Waals surface area contributed by atoms with E-state index in [9.17, 15) is 0 Å². The molecule has 1 atom stereocenters. The van der Waals surface area contributed by atoms with Gasteiger partial charge in [0.15, 0.2) is 5.96 Å². The maximum atomic E-state index is 4.84. The van der Waals surface area contributed by atoms with Crippen LogP contribution >= 0.6 is 24.0 Å². The zero-order valence-electron chi connectivity index (χ0n) is 20.9. The molecule has 2 rings (SSSR count). The molecule has 8 heteroatoms. The average molecular weight is 560 g/mol. The van der Waals surface area contributed by atoms with E-state index in [1.165, 1.54) is 18.5 Å². The van der Waals surface area contributed by atoms with Gasteiger partial charge in [-0.15, -0.1) is 24.0 Å². The Morgan fingerprint density at radius 1 is 1.16 bits per heavy atom. The molecule has 0 spiro atoms. The van der Waals surface area contributed by atoms with Gasteiger partial charge in [0.05, 0.1) is 6.54 Å². The maximum absolute atomic E-state index is 4.84. The van der Waals surface area contributed by atoms with E-state index < -0.39 is 0 Å². The molecule has 1 aliphatic heterocycles. The highest BCUT2D eigenvalue weighted by molar-refractivity contribution is 14.0. The van der Waals surface area contributed by atoms with Gasteiger partial charge in [0.25, 0.3) is 0 Å². The van der Waals surface area contributed by atoms with Gasteiger partial charge < -0.3 is 25.3 Å². The smallest absolute Gasteiger partial charge is 0.191 e. The Balaban J connectivity index is 0.00000512. The fraction of sp³-hybridized carbons (Fsp3) is 0.750. The minimum Gasteiger partial charge on any atom is -0.357 e. The largest absolute Gasteiger partial charge is 0.357 e. The molecule has 1 unspecified atom stereocenters. The number of nitrogens with one attached hydrogen (secondary N) is 2. The number of aromatic nitrogens is 1. The van der Waals surface area contributed by atoms with Crippen molar-refractivity contribution < 1.29 is 0 Å². The lowest BCUT2D eigenvalue weighted by Crippen LogP contribution is -2.46. The number of nitrogens with zero attached hydrogens (tertiary/aromatic N) is 5. The van der Waals surface area contributed by atoms with Gasteiger partial charge in [-0.05, 0) is 70.6 Å². The second-order valence-corrected chi connectivity index (χ2v) is 8.35. The molecule has 1 aromatic rings. The average Bonchev–Trinajstić information content (AvgIpc) is 2.80. The van der Waals surface area contributed by atoms with Crippen LogP contribution < -0.4 is 15.5 Å². The number of hydrogen-bond acceptors (Lipinski definition) is 5. The zero-order chi connectivity index (χ0) is 22.5. The minimum atomic E-state index is 0. The third kappa shape index (κ3) is 10.2. The molecule has 0 bridgehead atoms. The van der Waals surface area contributed by atoms with E-state index in [-0.39, 0.29) is 24.0 Å². The Hall–Kier alpha value is -1.13. The third-order valence-corrected chi connectivity index (χ3v) is 6.11. The Morgan fingerprint density at radius 3 is 2.50 bits per heavy atom. The van der Waals surface area contributed by atoms with Crippen molar-refractivity contribution in [3.63, 3.8) is 0 Å². The summed E-state index contributed by atoms with van der Waals surface area (Å²) in [7, 11) is 0. The van der Waals surface area contributed by atoms with Crippen LogP contribution in [0.2, 0.25) is 0 Å². The predicted octanol–water partition coefficient (Wildman–Crippen LogP) is 3.41. The summed E-state index contributed by atoms with van der Waals surface area (Å²) in [5.74, 6) is 1.97. The van der Waals surface area contributed by atoms with Gasteiger partial charge in [-0.3, -0.25) is 0 Å². The van der Waals surface area contributed by atoms with E-state index in [2.05, 4.69) is 77.1 Å². The molecule has 1 saturated heterocycles. The van der Waals surface area contributed by atoms with E-state index in [0.29, 0.717) is 12.6 Å². The highest BCUT2D eigenvalue weighted by Gasteiger charge is 2.16.